The molecular weight excluding hydrogens is 306 g/mol. The van der Waals surface area contributed by atoms with Crippen LogP contribution in [-0.4, -0.2) is 53.7 Å². The zero-order chi connectivity index (χ0) is 17.4. The Morgan fingerprint density at radius 1 is 1.04 bits per heavy atom. The zero-order valence-corrected chi connectivity index (χ0v) is 15.0. The Morgan fingerprint density at radius 2 is 1.75 bits per heavy atom. The molecule has 1 atom stereocenters. The minimum Gasteiger partial charge on any atom is -0.390 e. The number of amides is 3. The summed E-state index contributed by atoms with van der Waals surface area (Å²) >= 11 is 0. The van der Waals surface area contributed by atoms with Crippen LogP contribution in [0.15, 0.2) is 0 Å². The normalized spacial score (nSPS) is 25.8. The van der Waals surface area contributed by atoms with E-state index in [2.05, 4.69) is 10.6 Å². The second kappa shape index (κ2) is 9.25. The van der Waals surface area contributed by atoms with Crippen LogP contribution >= 0.6 is 0 Å². The van der Waals surface area contributed by atoms with Gasteiger partial charge >= 0.3 is 6.03 Å². The lowest BCUT2D eigenvalue weighted by atomic mass is 9.87. The summed E-state index contributed by atoms with van der Waals surface area (Å²) in [5.74, 6) is 0.639. The summed E-state index contributed by atoms with van der Waals surface area (Å²) in [6, 6.07) is -0.103. The largest absolute Gasteiger partial charge is 0.390 e. The molecule has 0 radical (unpaired) electrons. The molecule has 2 aliphatic rings. The summed E-state index contributed by atoms with van der Waals surface area (Å²) in [5, 5.41) is 15.8. The lowest BCUT2D eigenvalue weighted by Crippen LogP contribution is -2.44. The number of hydrogen-bond acceptors (Lipinski definition) is 3. The number of hydrogen-bond donors (Lipinski definition) is 3. The third-order valence-corrected chi connectivity index (χ3v) is 5.27. The summed E-state index contributed by atoms with van der Waals surface area (Å²) in [5.41, 5.74) is -0.665. The lowest BCUT2D eigenvalue weighted by molar-refractivity contribution is -0.122. The Morgan fingerprint density at radius 3 is 2.50 bits per heavy atom. The summed E-state index contributed by atoms with van der Waals surface area (Å²) in [7, 11) is 0. The van der Waals surface area contributed by atoms with Crippen molar-refractivity contribution in [2.45, 2.75) is 70.3 Å². The smallest absolute Gasteiger partial charge is 0.317 e. The van der Waals surface area contributed by atoms with Crippen molar-refractivity contribution in [3.05, 3.63) is 0 Å². The first-order valence-electron chi connectivity index (χ1n) is 9.48. The Kier molecular flexibility index (Phi) is 7.34. The number of carbonyl (C=O) groups excluding carboxylic acids is 2. The average Bonchev–Trinajstić information content (AvgIpc) is 2.73. The van der Waals surface area contributed by atoms with E-state index in [0.717, 1.165) is 12.8 Å². The number of likely N-dealkylation sites (tertiary alicyclic amines) is 1. The van der Waals surface area contributed by atoms with Crippen molar-refractivity contribution in [3.63, 3.8) is 0 Å². The van der Waals surface area contributed by atoms with Crippen LogP contribution in [0.2, 0.25) is 0 Å². The maximum absolute atomic E-state index is 12.1. The highest BCUT2D eigenvalue weighted by Gasteiger charge is 2.26. The van der Waals surface area contributed by atoms with Gasteiger partial charge in [-0.1, -0.05) is 19.3 Å². The molecule has 0 aromatic carbocycles. The molecule has 0 aromatic heterocycles. The molecule has 1 aliphatic carbocycles. The van der Waals surface area contributed by atoms with Crippen LogP contribution in [0.1, 0.15) is 64.7 Å². The van der Waals surface area contributed by atoms with E-state index in [1.54, 1.807) is 4.90 Å². The van der Waals surface area contributed by atoms with Gasteiger partial charge in [-0.2, -0.15) is 0 Å². The van der Waals surface area contributed by atoms with Crippen molar-refractivity contribution >= 4 is 11.9 Å². The Labute approximate surface area is 145 Å². The van der Waals surface area contributed by atoms with Crippen LogP contribution in [0, 0.1) is 5.92 Å². The van der Waals surface area contributed by atoms with Gasteiger partial charge in [0.05, 0.1) is 5.60 Å². The third-order valence-electron chi connectivity index (χ3n) is 5.27. The van der Waals surface area contributed by atoms with Crippen molar-refractivity contribution in [3.8, 4) is 0 Å². The van der Waals surface area contributed by atoms with E-state index in [1.165, 1.54) is 32.1 Å². The van der Waals surface area contributed by atoms with E-state index in [0.29, 0.717) is 44.9 Å². The molecule has 0 bridgehead atoms. The van der Waals surface area contributed by atoms with Gasteiger partial charge < -0.3 is 20.6 Å². The molecule has 1 unspecified atom stereocenters. The quantitative estimate of drug-likeness (QED) is 0.670. The molecule has 1 saturated carbocycles. The first kappa shape index (κ1) is 19.0. The van der Waals surface area contributed by atoms with E-state index < -0.39 is 5.60 Å². The monoisotopic (exact) mass is 339 g/mol. The molecule has 1 saturated heterocycles. The van der Waals surface area contributed by atoms with Crippen LogP contribution in [0.25, 0.3) is 0 Å². The molecular formula is C18H33N3O3. The van der Waals surface area contributed by atoms with Gasteiger partial charge in [0.25, 0.3) is 0 Å². The summed E-state index contributed by atoms with van der Waals surface area (Å²) in [4.78, 5) is 25.8. The molecule has 1 heterocycles. The van der Waals surface area contributed by atoms with E-state index >= 15 is 0 Å². The number of aliphatic hydroxyl groups is 1. The standard InChI is InChI=1S/C18H33N3O3/c1-18(24)8-5-12-21(13-9-18)17(23)20-11-10-19-16(22)14-15-6-3-2-4-7-15/h15,24H,2-14H2,1H3,(H,19,22)(H,20,23). The predicted octanol–water partition coefficient (Wildman–Crippen LogP) is 2.02. The van der Waals surface area contributed by atoms with Gasteiger partial charge in [0.15, 0.2) is 0 Å². The molecule has 3 N–H and O–H groups in total. The third kappa shape index (κ3) is 6.67. The first-order valence-corrected chi connectivity index (χ1v) is 9.48. The van der Waals surface area contributed by atoms with Crippen LogP contribution in [0.4, 0.5) is 4.79 Å². The second-order valence-electron chi connectivity index (χ2n) is 7.63. The van der Waals surface area contributed by atoms with Crippen molar-refractivity contribution in [2.24, 2.45) is 5.92 Å². The fraction of sp³-hybridized carbons (Fsp3) is 0.889. The molecule has 138 valence electrons. The molecule has 2 rings (SSSR count). The number of nitrogens with zero attached hydrogens (tertiary/aromatic N) is 1. The Hall–Kier alpha value is -1.30. The molecule has 3 amide bonds. The SMILES string of the molecule is CC1(O)CCCN(C(=O)NCCNC(=O)CC2CCCCC2)CC1. The Bertz CT molecular complexity index is 420. The van der Waals surface area contributed by atoms with Crippen LogP contribution in [-0.2, 0) is 4.79 Å². The van der Waals surface area contributed by atoms with Gasteiger partial charge in [0, 0.05) is 32.6 Å². The summed E-state index contributed by atoms with van der Waals surface area (Å²) in [6.45, 7) is 4.00. The van der Waals surface area contributed by atoms with Crippen molar-refractivity contribution in [2.75, 3.05) is 26.2 Å². The summed E-state index contributed by atoms with van der Waals surface area (Å²) in [6.07, 6.45) is 8.91. The van der Waals surface area contributed by atoms with Crippen LogP contribution in [0.3, 0.4) is 0 Å². The van der Waals surface area contributed by atoms with Gasteiger partial charge in [-0.05, 0) is 44.9 Å². The zero-order valence-electron chi connectivity index (χ0n) is 15.0. The summed E-state index contributed by atoms with van der Waals surface area (Å²) < 4.78 is 0. The topological polar surface area (TPSA) is 81.7 Å². The maximum Gasteiger partial charge on any atom is 0.317 e. The van der Waals surface area contributed by atoms with Gasteiger partial charge in [-0.15, -0.1) is 0 Å². The minimum atomic E-state index is -0.665. The molecule has 24 heavy (non-hydrogen) atoms. The minimum absolute atomic E-state index is 0.0990. The van der Waals surface area contributed by atoms with Gasteiger partial charge in [0.2, 0.25) is 5.91 Å². The molecule has 2 fully saturated rings. The predicted molar refractivity (Wildman–Crippen MR) is 93.6 cm³/mol. The molecule has 0 aromatic rings. The van der Waals surface area contributed by atoms with Crippen molar-refractivity contribution in [1.82, 2.24) is 15.5 Å². The highest BCUT2D eigenvalue weighted by molar-refractivity contribution is 5.76. The fourth-order valence-corrected chi connectivity index (χ4v) is 3.68. The van der Waals surface area contributed by atoms with Crippen molar-refractivity contribution < 1.29 is 14.7 Å². The van der Waals surface area contributed by atoms with E-state index in [1.807, 2.05) is 6.92 Å². The number of urea groups is 1. The van der Waals surface area contributed by atoms with E-state index in [9.17, 15) is 14.7 Å². The van der Waals surface area contributed by atoms with Gasteiger partial charge in [-0.25, -0.2) is 4.79 Å². The highest BCUT2D eigenvalue weighted by Crippen LogP contribution is 2.26. The molecule has 6 nitrogen and oxygen atoms in total. The highest BCUT2D eigenvalue weighted by atomic mass is 16.3. The van der Waals surface area contributed by atoms with Gasteiger partial charge in [0.1, 0.15) is 0 Å². The van der Waals surface area contributed by atoms with E-state index in [-0.39, 0.29) is 11.9 Å². The van der Waals surface area contributed by atoms with Crippen LogP contribution in [0.5, 0.6) is 0 Å². The molecule has 1 aliphatic heterocycles. The fourth-order valence-electron chi connectivity index (χ4n) is 3.68. The number of carbonyl (C=O) groups is 2. The molecule has 0 spiro atoms. The number of nitrogens with one attached hydrogen (secondary N) is 2. The van der Waals surface area contributed by atoms with E-state index in [4.69, 9.17) is 0 Å². The number of rotatable bonds is 5. The maximum atomic E-state index is 12.1. The first-order chi connectivity index (χ1) is 11.5. The van der Waals surface area contributed by atoms with Crippen molar-refractivity contribution in [1.29, 1.82) is 0 Å². The lowest BCUT2D eigenvalue weighted by Gasteiger charge is -2.23. The van der Waals surface area contributed by atoms with Gasteiger partial charge in [-0.3, -0.25) is 4.79 Å². The van der Waals surface area contributed by atoms with Crippen LogP contribution < -0.4 is 10.6 Å². The second-order valence-corrected chi connectivity index (χ2v) is 7.63. The molecule has 6 heteroatoms. The Balaban J connectivity index is 1.57. The average molecular weight is 339 g/mol.